The first-order valence-corrected chi connectivity index (χ1v) is 16.0. The van der Waals surface area contributed by atoms with E-state index in [9.17, 15) is 19.3 Å². The van der Waals surface area contributed by atoms with Gasteiger partial charge in [-0.3, -0.25) is 14.4 Å². The van der Waals surface area contributed by atoms with Crippen LogP contribution in [0.15, 0.2) is 77.1 Å². The number of methoxy groups -OCH3 is 1. The highest BCUT2D eigenvalue weighted by Gasteiger charge is 2.44. The number of piperidine rings is 1. The Morgan fingerprint density at radius 2 is 1.51 bits per heavy atom. The standard InChI is InChI=1S/C35H45N5O5/c1-5-27-30(32(41)36-7-3)29(24-14-16-26(39-44)17-15-24)31(28(6-2)38-27)33(42)37-20-11-21-40-22-18-35(19-23-40,34(43)45-4)25-12-9-8-10-13-25/h8-10,12-17,29,38H,5-7,11,18-23H2,1-4H3,(H,36,41)(H,37,42)/p+1. The van der Waals surface area contributed by atoms with Crippen molar-refractivity contribution >= 4 is 23.5 Å². The highest BCUT2D eigenvalue weighted by Crippen LogP contribution is 2.40. The predicted molar refractivity (Wildman–Crippen MR) is 173 cm³/mol. The van der Waals surface area contributed by atoms with Crippen LogP contribution in [0.1, 0.15) is 69.9 Å². The van der Waals surface area contributed by atoms with Gasteiger partial charge >= 0.3 is 5.97 Å². The van der Waals surface area contributed by atoms with Gasteiger partial charge in [0.1, 0.15) is 0 Å². The Kier molecular flexibility index (Phi) is 11.6. The van der Waals surface area contributed by atoms with Gasteiger partial charge in [0.25, 0.3) is 5.69 Å². The second-order valence-electron chi connectivity index (χ2n) is 11.5. The number of hydrogen-bond acceptors (Lipinski definition) is 7. The molecule has 4 N–H and O–H groups in total. The molecule has 2 aromatic carbocycles. The number of carbonyl (C=O) groups excluding carboxylic acids is 3. The number of likely N-dealkylation sites (N-methyl/N-ethyl adjacent to an activating group) is 1. The summed E-state index contributed by atoms with van der Waals surface area (Å²) in [4.78, 5) is 53.8. The van der Waals surface area contributed by atoms with E-state index in [0.29, 0.717) is 55.6 Å². The quantitative estimate of drug-likeness (QED) is 0.201. The molecule has 10 nitrogen and oxygen atoms in total. The van der Waals surface area contributed by atoms with Gasteiger partial charge in [-0.25, -0.2) is 0 Å². The van der Waals surface area contributed by atoms with Crippen LogP contribution in [0.2, 0.25) is 0 Å². The first kappa shape index (κ1) is 33.6. The van der Waals surface area contributed by atoms with Crippen LogP contribution < -0.4 is 21.1 Å². The lowest BCUT2D eigenvalue weighted by Crippen LogP contribution is -2.55. The lowest BCUT2D eigenvalue weighted by molar-refractivity contribution is -0.379. The Bertz CT molecular complexity index is 1430. The number of nitrogens with one attached hydrogen (secondary N) is 4. The molecule has 2 heterocycles. The zero-order valence-corrected chi connectivity index (χ0v) is 26.8. The van der Waals surface area contributed by atoms with E-state index in [1.165, 1.54) is 7.11 Å². The minimum atomic E-state index is -0.638. The minimum absolute atomic E-state index is 0.192. The fourth-order valence-electron chi connectivity index (χ4n) is 6.56. The topological polar surface area (TPSA) is 131 Å². The summed E-state index contributed by atoms with van der Waals surface area (Å²) in [6, 6.07) is 16.8. The number of allylic oxidation sites excluding steroid dienone is 2. The minimum Gasteiger partial charge on any atom is -0.468 e. The summed E-state index contributed by atoms with van der Waals surface area (Å²) < 4.78 is 5.23. The van der Waals surface area contributed by atoms with Crippen molar-refractivity contribution in [2.24, 2.45) is 0 Å². The zero-order chi connectivity index (χ0) is 32.4. The third-order valence-electron chi connectivity index (χ3n) is 8.97. The van der Waals surface area contributed by atoms with E-state index in [4.69, 9.17) is 4.74 Å². The molecule has 1 atom stereocenters. The van der Waals surface area contributed by atoms with Gasteiger partial charge in [0.2, 0.25) is 11.8 Å². The molecule has 1 unspecified atom stereocenters. The molecule has 4 rings (SSSR count). The summed E-state index contributed by atoms with van der Waals surface area (Å²) in [6.45, 7) is 9.04. The van der Waals surface area contributed by atoms with Gasteiger partial charge in [-0.2, -0.15) is 0 Å². The van der Waals surface area contributed by atoms with E-state index in [2.05, 4.69) is 20.9 Å². The van der Waals surface area contributed by atoms with Crippen LogP contribution >= 0.6 is 0 Å². The number of hydrogen-bond donors (Lipinski definition) is 4. The maximum Gasteiger partial charge on any atom is 0.316 e. The van der Waals surface area contributed by atoms with E-state index < -0.39 is 11.3 Å². The Balaban J connectivity index is 1.46. The van der Waals surface area contributed by atoms with Gasteiger partial charge < -0.3 is 25.6 Å². The van der Waals surface area contributed by atoms with Crippen LogP contribution in [0.25, 0.3) is 0 Å². The predicted octanol–water partition coefficient (Wildman–Crippen LogP) is 3.03. The van der Waals surface area contributed by atoms with Crippen LogP contribution in [0.3, 0.4) is 0 Å². The Labute approximate surface area is 265 Å². The number of benzene rings is 2. The lowest BCUT2D eigenvalue weighted by Gasteiger charge is -2.40. The summed E-state index contributed by atoms with van der Waals surface area (Å²) in [5.41, 5.74) is 4.13. The molecule has 2 amide bonds. The molecule has 0 bridgehead atoms. The molecule has 0 radical (unpaired) electrons. The zero-order valence-electron chi connectivity index (χ0n) is 26.8. The fraction of sp³-hybridized carbons (Fsp3) is 0.457. The fourth-order valence-corrected chi connectivity index (χ4v) is 6.56. The lowest BCUT2D eigenvalue weighted by atomic mass is 9.72. The van der Waals surface area contributed by atoms with Crippen molar-refractivity contribution in [2.45, 2.75) is 64.2 Å². The third-order valence-corrected chi connectivity index (χ3v) is 8.97. The molecule has 0 aliphatic carbocycles. The van der Waals surface area contributed by atoms with Gasteiger partial charge in [-0.1, -0.05) is 56.3 Å². The molecule has 2 aromatic rings. The SMILES string of the molecule is CCNC(=O)C1=C(CC)NC(CC)=C(C(=O)NCCCN2CCC(C(=O)OC)(c3ccccc3)CC2)C1c1ccc([NH+]=O)cc1. The molecule has 10 heteroatoms. The molecule has 0 saturated carbocycles. The smallest absolute Gasteiger partial charge is 0.316 e. The van der Waals surface area contributed by atoms with Crippen molar-refractivity contribution in [3.63, 3.8) is 0 Å². The van der Waals surface area contributed by atoms with E-state index >= 15 is 0 Å². The maximum absolute atomic E-state index is 13.9. The number of dihydropyridines is 1. The molecule has 45 heavy (non-hydrogen) atoms. The average Bonchev–Trinajstić information content (AvgIpc) is 3.09. The van der Waals surface area contributed by atoms with Crippen molar-refractivity contribution in [3.05, 3.63) is 93.2 Å². The van der Waals surface area contributed by atoms with E-state index in [1.807, 2.05) is 56.3 Å². The largest absolute Gasteiger partial charge is 0.468 e. The summed E-state index contributed by atoms with van der Waals surface area (Å²) in [7, 11) is 1.45. The summed E-state index contributed by atoms with van der Waals surface area (Å²) in [5.74, 6) is -1.22. The first-order chi connectivity index (χ1) is 21.8. The Morgan fingerprint density at radius 3 is 2.04 bits per heavy atom. The highest BCUT2D eigenvalue weighted by molar-refractivity contribution is 6.03. The normalized spacial score (nSPS) is 18.2. The van der Waals surface area contributed by atoms with Gasteiger partial charge in [0.15, 0.2) is 0 Å². The van der Waals surface area contributed by atoms with Crippen LogP contribution in [0, 0.1) is 4.91 Å². The third kappa shape index (κ3) is 7.33. The number of nitrogens with zero attached hydrogens (tertiary/aromatic N) is 1. The van der Waals surface area contributed by atoms with Crippen LogP contribution in [-0.4, -0.2) is 62.5 Å². The van der Waals surface area contributed by atoms with Crippen molar-refractivity contribution in [2.75, 3.05) is 39.8 Å². The van der Waals surface area contributed by atoms with E-state index in [0.717, 1.165) is 48.6 Å². The molecule has 0 aromatic heterocycles. The number of rotatable bonds is 13. The molecule has 2 aliphatic heterocycles. The number of nitroso groups, excluding NO2 is 1. The molecular weight excluding hydrogens is 570 g/mol. The second-order valence-corrected chi connectivity index (χ2v) is 11.5. The van der Waals surface area contributed by atoms with E-state index in [-0.39, 0.29) is 17.8 Å². The number of esters is 1. The van der Waals surface area contributed by atoms with Crippen molar-refractivity contribution < 1.29 is 24.3 Å². The average molecular weight is 617 g/mol. The number of likely N-dealkylation sites (tertiary alicyclic amines) is 1. The molecule has 2 aliphatic rings. The second kappa shape index (κ2) is 15.6. The van der Waals surface area contributed by atoms with Crippen LogP contribution in [-0.2, 0) is 24.5 Å². The number of carbonyl (C=O) groups is 3. The number of ether oxygens (including phenoxy) is 1. The van der Waals surface area contributed by atoms with Gasteiger partial charge in [-0.15, -0.1) is 0 Å². The van der Waals surface area contributed by atoms with Crippen molar-refractivity contribution in [3.8, 4) is 0 Å². The summed E-state index contributed by atoms with van der Waals surface area (Å²) in [5, 5.41) is 11.3. The number of amides is 2. The summed E-state index contributed by atoms with van der Waals surface area (Å²) in [6.07, 6.45) is 3.26. The van der Waals surface area contributed by atoms with Gasteiger partial charge in [-0.05, 0) is 69.8 Å². The first-order valence-electron chi connectivity index (χ1n) is 16.0. The van der Waals surface area contributed by atoms with Crippen LogP contribution in [0.4, 0.5) is 5.69 Å². The highest BCUT2D eigenvalue weighted by atomic mass is 16.5. The Morgan fingerprint density at radius 1 is 0.911 bits per heavy atom. The van der Waals surface area contributed by atoms with Crippen molar-refractivity contribution in [1.82, 2.24) is 20.9 Å². The molecule has 1 fully saturated rings. The Hall–Kier alpha value is -4.31. The molecule has 1 saturated heterocycles. The molecular formula is C35H46N5O5+. The monoisotopic (exact) mass is 616 g/mol. The van der Waals surface area contributed by atoms with Crippen molar-refractivity contribution in [1.29, 1.82) is 0 Å². The maximum atomic E-state index is 13.9. The molecule has 0 spiro atoms. The molecule has 240 valence electrons. The summed E-state index contributed by atoms with van der Waals surface area (Å²) >= 11 is 0. The van der Waals surface area contributed by atoms with Crippen LogP contribution in [0.5, 0.6) is 0 Å². The van der Waals surface area contributed by atoms with Gasteiger partial charge in [0, 0.05) is 63.8 Å². The van der Waals surface area contributed by atoms with Gasteiger partial charge in [0.05, 0.1) is 12.5 Å². The van der Waals surface area contributed by atoms with E-state index in [1.54, 1.807) is 24.3 Å².